The van der Waals surface area contributed by atoms with Crippen LogP contribution in [0, 0.1) is 5.92 Å². The van der Waals surface area contributed by atoms with Crippen LogP contribution >= 0.6 is 11.6 Å². The van der Waals surface area contributed by atoms with Crippen LogP contribution in [0.15, 0.2) is 17.2 Å². The van der Waals surface area contributed by atoms with Gasteiger partial charge in [-0.25, -0.2) is 12.7 Å². The van der Waals surface area contributed by atoms with E-state index in [1.54, 1.807) is 23.9 Å². The van der Waals surface area contributed by atoms with E-state index in [1.807, 2.05) is 7.05 Å². The standard InChI is InChI=1S/C14H24ClN3O2S/c1-16-6-4-12(5-7-16)10-18(3)21(19,20)14-8-13(9-15)17(2)11-14/h8,11-12H,4-7,9-10H2,1-3H3. The zero-order chi connectivity index (χ0) is 15.6. The molecule has 1 aliphatic rings. The van der Waals surface area contributed by atoms with Crippen molar-refractivity contribution in [2.45, 2.75) is 23.6 Å². The minimum Gasteiger partial charge on any atom is -0.352 e. The van der Waals surface area contributed by atoms with Crippen molar-refractivity contribution < 1.29 is 8.42 Å². The summed E-state index contributed by atoms with van der Waals surface area (Å²) in [5.74, 6) is 0.752. The first kappa shape index (κ1) is 16.8. The molecule has 1 fully saturated rings. The summed E-state index contributed by atoms with van der Waals surface area (Å²) in [6.07, 6.45) is 3.74. The van der Waals surface area contributed by atoms with E-state index in [4.69, 9.17) is 11.6 Å². The third-order valence-corrected chi connectivity index (χ3v) is 6.34. The van der Waals surface area contributed by atoms with Gasteiger partial charge in [0.1, 0.15) is 4.90 Å². The Hall–Kier alpha value is -0.560. The smallest absolute Gasteiger partial charge is 0.244 e. The number of aryl methyl sites for hydroxylation is 1. The van der Waals surface area contributed by atoms with Gasteiger partial charge in [-0.05, 0) is 45.0 Å². The average molecular weight is 334 g/mol. The first-order chi connectivity index (χ1) is 9.84. The molecule has 0 saturated carbocycles. The van der Waals surface area contributed by atoms with Crippen LogP contribution < -0.4 is 0 Å². The molecular weight excluding hydrogens is 310 g/mol. The molecule has 5 nitrogen and oxygen atoms in total. The molecule has 2 rings (SSSR count). The van der Waals surface area contributed by atoms with Crippen LogP contribution in [0.5, 0.6) is 0 Å². The largest absolute Gasteiger partial charge is 0.352 e. The van der Waals surface area contributed by atoms with Gasteiger partial charge >= 0.3 is 0 Å². The van der Waals surface area contributed by atoms with Crippen molar-refractivity contribution in [1.82, 2.24) is 13.8 Å². The Balaban J connectivity index is 2.07. The van der Waals surface area contributed by atoms with Crippen molar-refractivity contribution in [2.75, 3.05) is 33.7 Å². The highest BCUT2D eigenvalue weighted by atomic mass is 35.5. The van der Waals surface area contributed by atoms with Crippen molar-refractivity contribution in [3.05, 3.63) is 18.0 Å². The normalized spacial score (nSPS) is 18.5. The Morgan fingerprint density at radius 2 is 1.95 bits per heavy atom. The topological polar surface area (TPSA) is 45.6 Å². The molecule has 1 aromatic rings. The second-order valence-electron chi connectivity index (χ2n) is 5.94. The highest BCUT2D eigenvalue weighted by molar-refractivity contribution is 7.89. The van der Waals surface area contributed by atoms with E-state index in [0.29, 0.717) is 23.2 Å². The van der Waals surface area contributed by atoms with Crippen molar-refractivity contribution >= 4 is 21.6 Å². The van der Waals surface area contributed by atoms with Crippen molar-refractivity contribution in [2.24, 2.45) is 13.0 Å². The first-order valence-electron chi connectivity index (χ1n) is 7.20. The lowest BCUT2D eigenvalue weighted by Gasteiger charge is -2.31. The summed E-state index contributed by atoms with van der Waals surface area (Å²) in [7, 11) is 2.16. The quantitative estimate of drug-likeness (QED) is 0.771. The zero-order valence-corrected chi connectivity index (χ0v) is 14.5. The molecule has 0 bridgehead atoms. The Morgan fingerprint density at radius 3 is 2.48 bits per heavy atom. The maximum Gasteiger partial charge on any atom is 0.244 e. The molecule has 2 heterocycles. The van der Waals surface area contributed by atoms with Crippen molar-refractivity contribution in [1.29, 1.82) is 0 Å². The van der Waals surface area contributed by atoms with Crippen molar-refractivity contribution in [3.63, 3.8) is 0 Å². The molecule has 21 heavy (non-hydrogen) atoms. The first-order valence-corrected chi connectivity index (χ1v) is 9.18. The van der Waals surface area contributed by atoms with Gasteiger partial charge in [0.25, 0.3) is 0 Å². The zero-order valence-electron chi connectivity index (χ0n) is 12.9. The van der Waals surface area contributed by atoms with Crippen LogP contribution in [0.1, 0.15) is 18.5 Å². The predicted molar refractivity (Wildman–Crippen MR) is 85.0 cm³/mol. The summed E-state index contributed by atoms with van der Waals surface area (Å²) >= 11 is 5.81. The second-order valence-corrected chi connectivity index (χ2v) is 8.26. The van der Waals surface area contributed by atoms with E-state index in [1.165, 1.54) is 4.31 Å². The molecular formula is C14H24ClN3O2S. The molecule has 0 aromatic carbocycles. The lowest BCUT2D eigenvalue weighted by molar-refractivity contribution is 0.202. The van der Waals surface area contributed by atoms with E-state index >= 15 is 0 Å². The number of aromatic nitrogens is 1. The monoisotopic (exact) mass is 333 g/mol. The molecule has 1 aliphatic heterocycles. The van der Waals surface area contributed by atoms with Gasteiger partial charge in [-0.15, -0.1) is 11.6 Å². The summed E-state index contributed by atoms with van der Waals surface area (Å²) in [4.78, 5) is 2.62. The van der Waals surface area contributed by atoms with Crippen LogP contribution in [0.3, 0.4) is 0 Å². The summed E-state index contributed by atoms with van der Waals surface area (Å²) in [6.45, 7) is 2.67. The number of piperidine rings is 1. The number of halogens is 1. The van der Waals surface area contributed by atoms with Crippen LogP contribution in [0.25, 0.3) is 0 Å². The lowest BCUT2D eigenvalue weighted by atomic mass is 9.97. The fraction of sp³-hybridized carbons (Fsp3) is 0.714. The van der Waals surface area contributed by atoms with Gasteiger partial charge in [0, 0.05) is 32.5 Å². The molecule has 0 atom stereocenters. The number of likely N-dealkylation sites (tertiary alicyclic amines) is 1. The molecule has 0 amide bonds. The lowest BCUT2D eigenvalue weighted by Crippen LogP contribution is -2.37. The van der Waals surface area contributed by atoms with Crippen LogP contribution in [0.4, 0.5) is 0 Å². The van der Waals surface area contributed by atoms with Gasteiger partial charge in [-0.2, -0.15) is 0 Å². The van der Waals surface area contributed by atoms with Gasteiger partial charge in [-0.3, -0.25) is 0 Å². The fourth-order valence-corrected chi connectivity index (χ4v) is 4.35. The Bertz CT molecular complexity index is 577. The van der Waals surface area contributed by atoms with E-state index in [-0.39, 0.29) is 0 Å². The highest BCUT2D eigenvalue weighted by Crippen LogP contribution is 2.22. The van der Waals surface area contributed by atoms with E-state index < -0.39 is 10.0 Å². The summed E-state index contributed by atoms with van der Waals surface area (Å²) in [6, 6.07) is 1.66. The van der Waals surface area contributed by atoms with E-state index in [2.05, 4.69) is 11.9 Å². The molecule has 7 heteroatoms. The Kier molecular flexibility index (Phi) is 5.35. The molecule has 0 aliphatic carbocycles. The minimum atomic E-state index is -3.42. The summed E-state index contributed by atoms with van der Waals surface area (Å²) in [5.41, 5.74) is 0.808. The van der Waals surface area contributed by atoms with Crippen LogP contribution in [0.2, 0.25) is 0 Å². The van der Waals surface area contributed by atoms with Crippen molar-refractivity contribution in [3.8, 4) is 0 Å². The SMILES string of the molecule is CN1CCC(CN(C)S(=O)(=O)c2cc(CCl)n(C)c2)CC1. The fourth-order valence-electron chi connectivity index (χ4n) is 2.74. The van der Waals surface area contributed by atoms with E-state index in [0.717, 1.165) is 31.6 Å². The number of sulfonamides is 1. The second kappa shape index (κ2) is 6.69. The van der Waals surface area contributed by atoms with Crippen LogP contribution in [-0.4, -0.2) is 55.9 Å². The number of hydrogen-bond donors (Lipinski definition) is 0. The van der Waals surface area contributed by atoms with Gasteiger partial charge in [0.15, 0.2) is 0 Å². The van der Waals surface area contributed by atoms with E-state index in [9.17, 15) is 8.42 Å². The third-order valence-electron chi connectivity index (χ3n) is 4.28. The molecule has 1 saturated heterocycles. The molecule has 120 valence electrons. The molecule has 0 N–H and O–H groups in total. The average Bonchev–Trinajstić information content (AvgIpc) is 2.83. The number of rotatable bonds is 5. The van der Waals surface area contributed by atoms with Gasteiger partial charge in [0.05, 0.1) is 5.88 Å². The minimum absolute atomic E-state index is 0.310. The predicted octanol–water partition coefficient (Wildman–Crippen LogP) is 1.73. The number of alkyl halides is 1. The summed E-state index contributed by atoms with van der Waals surface area (Å²) < 4.78 is 28.5. The maximum atomic E-state index is 12.6. The third kappa shape index (κ3) is 3.80. The van der Waals surface area contributed by atoms with Crippen LogP contribution in [-0.2, 0) is 23.0 Å². The van der Waals surface area contributed by atoms with Gasteiger partial charge in [0.2, 0.25) is 10.0 Å². The Labute approximate surface area is 132 Å². The number of nitrogens with zero attached hydrogens (tertiary/aromatic N) is 3. The maximum absolute atomic E-state index is 12.6. The van der Waals surface area contributed by atoms with Gasteiger partial charge < -0.3 is 9.47 Å². The Morgan fingerprint density at radius 1 is 1.33 bits per heavy atom. The van der Waals surface area contributed by atoms with Gasteiger partial charge in [-0.1, -0.05) is 0 Å². The molecule has 0 spiro atoms. The molecule has 0 radical (unpaired) electrons. The highest BCUT2D eigenvalue weighted by Gasteiger charge is 2.26. The summed E-state index contributed by atoms with van der Waals surface area (Å²) in [5, 5.41) is 0. The molecule has 0 unspecified atom stereocenters. The number of hydrogen-bond acceptors (Lipinski definition) is 3. The molecule has 1 aromatic heterocycles.